The van der Waals surface area contributed by atoms with Gasteiger partial charge in [-0.15, -0.1) is 0 Å². The Balaban J connectivity index is 1.59. The molecule has 88 valence electrons. The van der Waals surface area contributed by atoms with Gasteiger partial charge in [-0.25, -0.2) is 0 Å². The molecule has 0 aromatic carbocycles. The Kier molecular flexibility index (Phi) is 4.07. The minimum atomic E-state index is 0.786. The van der Waals surface area contributed by atoms with E-state index in [1.165, 1.54) is 51.5 Å². The van der Waals surface area contributed by atoms with Crippen molar-refractivity contribution in [2.75, 3.05) is 6.54 Å². The second kappa shape index (κ2) is 5.34. The van der Waals surface area contributed by atoms with Gasteiger partial charge in [-0.3, -0.25) is 0 Å². The lowest BCUT2D eigenvalue weighted by atomic mass is 9.81. The number of hydrogen-bond acceptors (Lipinski definition) is 1. The highest BCUT2D eigenvalue weighted by Crippen LogP contribution is 2.33. The summed E-state index contributed by atoms with van der Waals surface area (Å²) in [6.45, 7) is 6.00. The smallest absolute Gasteiger partial charge is 0.00671 e. The van der Waals surface area contributed by atoms with Crippen LogP contribution in [0.5, 0.6) is 0 Å². The van der Waals surface area contributed by atoms with Crippen LogP contribution >= 0.6 is 0 Å². The number of rotatable bonds is 5. The molecule has 0 bridgehead atoms. The summed E-state index contributed by atoms with van der Waals surface area (Å²) in [5.74, 6) is 3.04. The van der Waals surface area contributed by atoms with Crippen molar-refractivity contribution in [1.29, 1.82) is 0 Å². The quantitative estimate of drug-likeness (QED) is 0.729. The number of nitrogens with one attached hydrogen (secondary N) is 1. The monoisotopic (exact) mass is 209 g/mol. The zero-order chi connectivity index (χ0) is 10.7. The Bertz CT molecular complexity index is 178. The fraction of sp³-hybridized carbons (Fsp3) is 1.00. The third-order valence-corrected chi connectivity index (χ3v) is 4.60. The third kappa shape index (κ3) is 3.48. The predicted octanol–water partition coefficient (Wildman–Crippen LogP) is 3.59. The zero-order valence-corrected chi connectivity index (χ0v) is 10.5. The Morgan fingerprint density at radius 1 is 1.00 bits per heavy atom. The van der Waals surface area contributed by atoms with Crippen LogP contribution in [0.1, 0.15) is 58.8 Å². The van der Waals surface area contributed by atoms with Gasteiger partial charge in [0, 0.05) is 6.04 Å². The van der Waals surface area contributed by atoms with Gasteiger partial charge in [-0.05, 0) is 56.9 Å². The van der Waals surface area contributed by atoms with E-state index in [0.717, 1.165) is 23.8 Å². The van der Waals surface area contributed by atoms with Crippen molar-refractivity contribution in [3.63, 3.8) is 0 Å². The summed E-state index contributed by atoms with van der Waals surface area (Å²) in [7, 11) is 0. The summed E-state index contributed by atoms with van der Waals surface area (Å²) in [6.07, 6.45) is 10.3. The molecule has 0 aromatic heterocycles. The van der Waals surface area contributed by atoms with E-state index >= 15 is 0 Å². The topological polar surface area (TPSA) is 12.0 Å². The molecule has 0 amide bonds. The Morgan fingerprint density at radius 3 is 2.13 bits per heavy atom. The van der Waals surface area contributed by atoms with Crippen molar-refractivity contribution < 1.29 is 0 Å². The molecule has 1 nitrogen and oxygen atoms in total. The highest BCUT2D eigenvalue weighted by molar-refractivity contribution is 4.84. The first-order valence-electron chi connectivity index (χ1n) is 7.03. The molecule has 2 aliphatic rings. The van der Waals surface area contributed by atoms with Crippen LogP contribution in [-0.4, -0.2) is 12.6 Å². The number of hydrogen-bond donors (Lipinski definition) is 1. The average Bonchev–Trinajstić information content (AvgIpc) is 3.10. The molecule has 0 spiro atoms. The summed E-state index contributed by atoms with van der Waals surface area (Å²) < 4.78 is 0. The van der Waals surface area contributed by atoms with E-state index in [2.05, 4.69) is 19.2 Å². The highest BCUT2D eigenvalue weighted by atomic mass is 14.9. The van der Waals surface area contributed by atoms with Crippen molar-refractivity contribution in [3.05, 3.63) is 0 Å². The summed E-state index contributed by atoms with van der Waals surface area (Å²) in [4.78, 5) is 0. The maximum atomic E-state index is 3.75. The molecule has 2 fully saturated rings. The second-order valence-corrected chi connectivity index (χ2v) is 5.83. The van der Waals surface area contributed by atoms with E-state index < -0.39 is 0 Å². The van der Waals surface area contributed by atoms with Gasteiger partial charge in [-0.1, -0.05) is 26.2 Å². The first-order chi connectivity index (χ1) is 7.29. The molecule has 0 saturated heterocycles. The van der Waals surface area contributed by atoms with Crippen molar-refractivity contribution in [1.82, 2.24) is 5.32 Å². The third-order valence-electron chi connectivity index (χ3n) is 4.60. The summed E-state index contributed by atoms with van der Waals surface area (Å²) >= 11 is 0. The van der Waals surface area contributed by atoms with Crippen molar-refractivity contribution in [2.24, 2.45) is 17.8 Å². The molecule has 0 aromatic rings. The van der Waals surface area contributed by atoms with Gasteiger partial charge in [0.05, 0.1) is 0 Å². The van der Waals surface area contributed by atoms with E-state index in [1.807, 2.05) is 0 Å². The van der Waals surface area contributed by atoms with Gasteiger partial charge < -0.3 is 5.32 Å². The van der Waals surface area contributed by atoms with Gasteiger partial charge in [0.25, 0.3) is 0 Å². The lowest BCUT2D eigenvalue weighted by molar-refractivity contribution is 0.255. The first-order valence-corrected chi connectivity index (χ1v) is 7.03. The van der Waals surface area contributed by atoms with Gasteiger partial charge >= 0.3 is 0 Å². The molecule has 15 heavy (non-hydrogen) atoms. The summed E-state index contributed by atoms with van der Waals surface area (Å²) in [5, 5.41) is 3.75. The van der Waals surface area contributed by atoms with Gasteiger partial charge in [-0.2, -0.15) is 0 Å². The second-order valence-electron chi connectivity index (χ2n) is 5.83. The van der Waals surface area contributed by atoms with Gasteiger partial charge in [0.15, 0.2) is 0 Å². The normalized spacial score (nSPS) is 34.0. The van der Waals surface area contributed by atoms with E-state index in [0.29, 0.717) is 0 Å². The standard InChI is InChI=1S/C14H27N/c1-3-12-4-6-13(7-5-12)10-15-11(2)14-8-9-14/h11-15H,3-10H2,1-2H3. The molecule has 1 unspecified atom stereocenters. The summed E-state index contributed by atoms with van der Waals surface area (Å²) in [5.41, 5.74) is 0. The van der Waals surface area contributed by atoms with E-state index in [4.69, 9.17) is 0 Å². The van der Waals surface area contributed by atoms with Crippen LogP contribution in [0.15, 0.2) is 0 Å². The Hall–Kier alpha value is -0.0400. The van der Waals surface area contributed by atoms with Crippen molar-refractivity contribution in [2.45, 2.75) is 64.8 Å². The molecule has 1 N–H and O–H groups in total. The molecular weight excluding hydrogens is 182 g/mol. The molecule has 1 atom stereocenters. The van der Waals surface area contributed by atoms with E-state index in [-0.39, 0.29) is 0 Å². The van der Waals surface area contributed by atoms with E-state index in [9.17, 15) is 0 Å². The van der Waals surface area contributed by atoms with Crippen LogP contribution in [-0.2, 0) is 0 Å². The molecular formula is C14H27N. The predicted molar refractivity (Wildman–Crippen MR) is 65.9 cm³/mol. The Labute approximate surface area is 95.0 Å². The molecule has 2 saturated carbocycles. The van der Waals surface area contributed by atoms with Gasteiger partial charge in [0.2, 0.25) is 0 Å². The average molecular weight is 209 g/mol. The first kappa shape index (κ1) is 11.4. The van der Waals surface area contributed by atoms with Crippen LogP contribution < -0.4 is 5.32 Å². The minimum Gasteiger partial charge on any atom is -0.314 e. The van der Waals surface area contributed by atoms with E-state index in [1.54, 1.807) is 0 Å². The lowest BCUT2D eigenvalue weighted by Gasteiger charge is -2.29. The maximum Gasteiger partial charge on any atom is 0.00671 e. The Morgan fingerprint density at radius 2 is 1.60 bits per heavy atom. The fourth-order valence-electron chi connectivity index (χ4n) is 2.96. The molecule has 1 heteroatoms. The van der Waals surface area contributed by atoms with Crippen LogP contribution in [0, 0.1) is 17.8 Å². The largest absolute Gasteiger partial charge is 0.314 e. The van der Waals surface area contributed by atoms with Crippen molar-refractivity contribution in [3.8, 4) is 0 Å². The molecule has 2 aliphatic carbocycles. The molecule has 2 rings (SSSR count). The zero-order valence-electron chi connectivity index (χ0n) is 10.5. The van der Waals surface area contributed by atoms with Crippen LogP contribution in [0.3, 0.4) is 0 Å². The van der Waals surface area contributed by atoms with Crippen LogP contribution in [0.4, 0.5) is 0 Å². The van der Waals surface area contributed by atoms with Gasteiger partial charge in [0.1, 0.15) is 0 Å². The minimum absolute atomic E-state index is 0.786. The van der Waals surface area contributed by atoms with Crippen LogP contribution in [0.25, 0.3) is 0 Å². The lowest BCUT2D eigenvalue weighted by Crippen LogP contribution is -2.34. The highest BCUT2D eigenvalue weighted by Gasteiger charge is 2.28. The fourth-order valence-corrected chi connectivity index (χ4v) is 2.96. The molecule has 0 radical (unpaired) electrons. The maximum absolute atomic E-state index is 3.75. The molecule has 0 heterocycles. The molecule has 0 aliphatic heterocycles. The van der Waals surface area contributed by atoms with Crippen LogP contribution in [0.2, 0.25) is 0 Å². The SMILES string of the molecule is CCC1CCC(CNC(C)C2CC2)CC1. The summed E-state index contributed by atoms with van der Waals surface area (Å²) in [6, 6.07) is 0.786. The van der Waals surface area contributed by atoms with Crippen molar-refractivity contribution >= 4 is 0 Å².